The summed E-state index contributed by atoms with van der Waals surface area (Å²) in [5.74, 6) is -0.477. The molecule has 0 aliphatic carbocycles. The van der Waals surface area contributed by atoms with Gasteiger partial charge in [0.15, 0.2) is 0 Å². The van der Waals surface area contributed by atoms with Gasteiger partial charge in [0.2, 0.25) is 5.91 Å². The van der Waals surface area contributed by atoms with Gasteiger partial charge in [-0.3, -0.25) is 9.78 Å². The van der Waals surface area contributed by atoms with Gasteiger partial charge in [-0.1, -0.05) is 18.2 Å². The van der Waals surface area contributed by atoms with E-state index < -0.39 is 6.03 Å². The van der Waals surface area contributed by atoms with Crippen LogP contribution in [0, 0.1) is 5.82 Å². The van der Waals surface area contributed by atoms with Crippen molar-refractivity contribution in [1.29, 1.82) is 0 Å². The highest BCUT2D eigenvalue weighted by molar-refractivity contribution is 5.85. The third kappa shape index (κ3) is 5.90. The van der Waals surface area contributed by atoms with E-state index in [4.69, 9.17) is 0 Å². The number of piperazine rings is 1. The molecule has 150 valence electrons. The molecule has 0 bridgehead atoms. The average Bonchev–Trinajstić information content (AvgIpc) is 2.72. The minimum atomic E-state index is -0.444. The van der Waals surface area contributed by atoms with Crippen LogP contribution >= 0.6 is 12.4 Å². The van der Waals surface area contributed by atoms with E-state index in [-0.39, 0.29) is 43.3 Å². The second kappa shape index (κ2) is 10.6. The van der Waals surface area contributed by atoms with Crippen LogP contribution in [0.25, 0.3) is 0 Å². The number of hydrogen-bond donors (Lipinski definition) is 3. The molecule has 7 nitrogen and oxygen atoms in total. The van der Waals surface area contributed by atoms with Crippen molar-refractivity contribution in [2.45, 2.75) is 12.6 Å². The molecule has 1 aliphatic heterocycles. The quantitative estimate of drug-likeness (QED) is 0.703. The first kappa shape index (κ1) is 21.6. The summed E-state index contributed by atoms with van der Waals surface area (Å²) in [4.78, 5) is 30.4. The van der Waals surface area contributed by atoms with E-state index in [1.165, 1.54) is 12.1 Å². The van der Waals surface area contributed by atoms with Gasteiger partial charge in [-0.25, -0.2) is 9.18 Å². The summed E-state index contributed by atoms with van der Waals surface area (Å²) in [5.41, 5.74) is 1.73. The van der Waals surface area contributed by atoms with Crippen LogP contribution in [0.3, 0.4) is 0 Å². The van der Waals surface area contributed by atoms with E-state index in [0.717, 1.165) is 11.1 Å². The minimum Gasteiger partial charge on any atom is -0.334 e. The maximum absolute atomic E-state index is 12.9. The fraction of sp³-hybridized carbons (Fsp3) is 0.316. The molecule has 3 amide bonds. The number of aromatic nitrogens is 1. The zero-order valence-corrected chi connectivity index (χ0v) is 16.0. The first-order valence-corrected chi connectivity index (χ1v) is 8.80. The Kier molecular flexibility index (Phi) is 8.16. The van der Waals surface area contributed by atoms with Crippen molar-refractivity contribution in [2.75, 3.05) is 26.2 Å². The first-order valence-electron chi connectivity index (χ1n) is 8.80. The summed E-state index contributed by atoms with van der Waals surface area (Å²) < 4.78 is 12.9. The highest BCUT2D eigenvalue weighted by Crippen LogP contribution is 2.21. The lowest BCUT2D eigenvalue weighted by Crippen LogP contribution is -2.52. The Hall–Kier alpha value is -2.71. The normalized spacial score (nSPS) is 16.0. The number of amides is 3. The number of pyridine rings is 1. The Labute approximate surface area is 169 Å². The van der Waals surface area contributed by atoms with Gasteiger partial charge in [-0.05, 0) is 29.3 Å². The molecule has 3 N–H and O–H groups in total. The Morgan fingerprint density at radius 2 is 2.00 bits per heavy atom. The molecule has 2 heterocycles. The monoisotopic (exact) mass is 407 g/mol. The molecule has 1 saturated heterocycles. The summed E-state index contributed by atoms with van der Waals surface area (Å²) >= 11 is 0. The van der Waals surface area contributed by atoms with Crippen molar-refractivity contribution in [2.24, 2.45) is 0 Å². The first-order chi connectivity index (χ1) is 13.1. The van der Waals surface area contributed by atoms with E-state index in [1.807, 2.05) is 12.1 Å². The van der Waals surface area contributed by atoms with E-state index in [1.54, 1.807) is 29.4 Å². The second-order valence-corrected chi connectivity index (χ2v) is 6.26. The molecule has 0 radical (unpaired) electrons. The Bertz CT molecular complexity index is 776. The van der Waals surface area contributed by atoms with Crippen molar-refractivity contribution in [3.8, 4) is 0 Å². The van der Waals surface area contributed by atoms with Gasteiger partial charge in [-0.15, -0.1) is 12.4 Å². The van der Waals surface area contributed by atoms with Gasteiger partial charge >= 0.3 is 6.03 Å². The number of carbonyl (C=O) groups is 2. The summed E-state index contributed by atoms with van der Waals surface area (Å²) in [7, 11) is 0. The number of nitrogens with one attached hydrogen (secondary N) is 3. The molecule has 1 atom stereocenters. The van der Waals surface area contributed by atoms with Crippen LogP contribution in [-0.2, 0) is 11.3 Å². The van der Waals surface area contributed by atoms with Crippen LogP contribution in [0.4, 0.5) is 9.18 Å². The minimum absolute atomic E-state index is 0. The number of carbonyl (C=O) groups excluding carboxylic acids is 2. The molecule has 0 saturated carbocycles. The Morgan fingerprint density at radius 3 is 2.71 bits per heavy atom. The number of nitrogens with zero attached hydrogens (tertiary/aromatic N) is 2. The topological polar surface area (TPSA) is 86.4 Å². The highest BCUT2D eigenvalue weighted by atomic mass is 35.5. The van der Waals surface area contributed by atoms with Crippen molar-refractivity contribution >= 4 is 24.3 Å². The lowest BCUT2D eigenvalue weighted by atomic mass is 10.1. The second-order valence-electron chi connectivity index (χ2n) is 6.26. The molecule has 0 spiro atoms. The molecule has 1 unspecified atom stereocenters. The zero-order chi connectivity index (χ0) is 19.1. The zero-order valence-electron chi connectivity index (χ0n) is 15.2. The fourth-order valence-corrected chi connectivity index (χ4v) is 2.98. The van der Waals surface area contributed by atoms with E-state index >= 15 is 0 Å². The predicted molar refractivity (Wildman–Crippen MR) is 105 cm³/mol. The van der Waals surface area contributed by atoms with Gasteiger partial charge in [0.1, 0.15) is 5.82 Å². The molecular weight excluding hydrogens is 385 g/mol. The molecule has 1 aromatic carbocycles. The third-order valence-electron chi connectivity index (χ3n) is 4.40. The third-order valence-corrected chi connectivity index (χ3v) is 4.40. The SMILES string of the molecule is Cl.O=C(NCC(=O)N1CCNCC1c1cccnc1)NCc1ccc(F)cc1. The number of benzene rings is 1. The molecular formula is C19H23ClFN5O2. The smallest absolute Gasteiger partial charge is 0.315 e. The van der Waals surface area contributed by atoms with E-state index in [0.29, 0.717) is 19.6 Å². The van der Waals surface area contributed by atoms with Crippen molar-refractivity contribution < 1.29 is 14.0 Å². The summed E-state index contributed by atoms with van der Waals surface area (Å²) in [6.45, 7) is 2.09. The molecule has 2 aromatic rings. The van der Waals surface area contributed by atoms with E-state index in [9.17, 15) is 14.0 Å². The van der Waals surface area contributed by atoms with Crippen LogP contribution in [0.2, 0.25) is 0 Å². The molecule has 3 rings (SSSR count). The number of halogens is 2. The molecule has 28 heavy (non-hydrogen) atoms. The van der Waals surface area contributed by atoms with Crippen LogP contribution in [0.5, 0.6) is 0 Å². The largest absolute Gasteiger partial charge is 0.334 e. The molecule has 1 aliphatic rings. The van der Waals surface area contributed by atoms with Crippen molar-refractivity contribution in [3.63, 3.8) is 0 Å². The average molecular weight is 408 g/mol. The van der Waals surface area contributed by atoms with Crippen molar-refractivity contribution in [3.05, 3.63) is 65.7 Å². The van der Waals surface area contributed by atoms with Gasteiger partial charge in [0.05, 0.1) is 12.6 Å². The van der Waals surface area contributed by atoms with Crippen LogP contribution < -0.4 is 16.0 Å². The highest BCUT2D eigenvalue weighted by Gasteiger charge is 2.27. The standard InChI is InChI=1S/C19H22FN5O2.ClH/c20-16-5-3-14(4-6-16)10-23-19(27)24-13-18(26)25-9-8-22-12-17(25)15-2-1-7-21-11-15;/h1-7,11,17,22H,8-10,12-13H2,(H2,23,24,27);1H. The van der Waals surface area contributed by atoms with Crippen LogP contribution in [-0.4, -0.2) is 48.0 Å². The number of rotatable bonds is 5. The lowest BCUT2D eigenvalue weighted by Gasteiger charge is -2.36. The summed E-state index contributed by atoms with van der Waals surface area (Å²) in [6, 6.07) is 9.09. The molecule has 1 aromatic heterocycles. The molecule has 1 fully saturated rings. The Morgan fingerprint density at radius 1 is 1.21 bits per heavy atom. The maximum Gasteiger partial charge on any atom is 0.315 e. The maximum atomic E-state index is 12.9. The van der Waals surface area contributed by atoms with Crippen LogP contribution in [0.1, 0.15) is 17.2 Å². The lowest BCUT2D eigenvalue weighted by molar-refractivity contribution is -0.133. The summed E-state index contributed by atoms with van der Waals surface area (Å²) in [6.07, 6.45) is 3.44. The van der Waals surface area contributed by atoms with Crippen molar-refractivity contribution in [1.82, 2.24) is 25.8 Å². The van der Waals surface area contributed by atoms with Crippen LogP contribution in [0.15, 0.2) is 48.8 Å². The van der Waals surface area contributed by atoms with Gasteiger partial charge in [0, 0.05) is 38.6 Å². The summed E-state index contributed by atoms with van der Waals surface area (Å²) in [5, 5.41) is 8.51. The van der Waals surface area contributed by atoms with Gasteiger partial charge in [0.25, 0.3) is 0 Å². The number of hydrogen-bond acceptors (Lipinski definition) is 4. The Balaban J connectivity index is 0.00000280. The predicted octanol–water partition coefficient (Wildman–Crippen LogP) is 1.61. The fourth-order valence-electron chi connectivity index (χ4n) is 2.98. The number of urea groups is 1. The van der Waals surface area contributed by atoms with Gasteiger partial charge < -0.3 is 20.9 Å². The van der Waals surface area contributed by atoms with Gasteiger partial charge in [-0.2, -0.15) is 0 Å². The molecule has 9 heteroatoms. The van der Waals surface area contributed by atoms with E-state index in [2.05, 4.69) is 20.9 Å².